The molecule has 1 aliphatic rings. The van der Waals surface area contributed by atoms with Crippen LogP contribution in [0.5, 0.6) is 0 Å². The lowest BCUT2D eigenvalue weighted by atomic mass is 9.83. The number of nitrogens with zero attached hydrogens (tertiary/aromatic N) is 1. The van der Waals surface area contributed by atoms with Crippen molar-refractivity contribution in [3.05, 3.63) is 77.3 Å². The summed E-state index contributed by atoms with van der Waals surface area (Å²) in [5, 5.41) is 19.5. The van der Waals surface area contributed by atoms with Crippen molar-refractivity contribution >= 4 is 12.0 Å². The highest BCUT2D eigenvalue weighted by Crippen LogP contribution is 2.33. The van der Waals surface area contributed by atoms with Gasteiger partial charge in [-0.15, -0.1) is 0 Å². The third kappa shape index (κ3) is 4.73. The number of hydrogen-bond acceptors (Lipinski definition) is 5. The Balaban J connectivity index is 1.55. The van der Waals surface area contributed by atoms with Crippen molar-refractivity contribution < 1.29 is 28.3 Å². The lowest BCUT2D eigenvalue weighted by molar-refractivity contribution is 0.0407. The third-order valence-electron chi connectivity index (χ3n) is 5.82. The first kappa shape index (κ1) is 22.5. The van der Waals surface area contributed by atoms with Crippen molar-refractivity contribution in [2.75, 3.05) is 13.2 Å². The highest BCUT2D eigenvalue weighted by atomic mass is 19.1. The quantitative estimate of drug-likeness (QED) is 0.514. The number of benzene rings is 2. The van der Waals surface area contributed by atoms with E-state index < -0.39 is 29.4 Å². The Kier molecular flexibility index (Phi) is 6.41. The summed E-state index contributed by atoms with van der Waals surface area (Å²) < 4.78 is 24.1. The predicted molar refractivity (Wildman–Crippen MR) is 117 cm³/mol. The molecular formula is C24H24FN3O5. The van der Waals surface area contributed by atoms with Gasteiger partial charge in [-0.2, -0.15) is 0 Å². The summed E-state index contributed by atoms with van der Waals surface area (Å²) >= 11 is 0. The number of rotatable bonds is 6. The maximum absolute atomic E-state index is 13.3. The van der Waals surface area contributed by atoms with Gasteiger partial charge in [0.2, 0.25) is 0 Å². The molecule has 2 aromatic carbocycles. The predicted octanol–water partition coefficient (Wildman–Crippen LogP) is 4.25. The minimum absolute atomic E-state index is 0.00212. The number of aromatic carboxylic acids is 1. The van der Waals surface area contributed by atoms with E-state index in [1.54, 1.807) is 6.92 Å². The second-order valence-electron chi connectivity index (χ2n) is 7.96. The van der Waals surface area contributed by atoms with Gasteiger partial charge in [-0.25, -0.2) is 14.0 Å². The Bertz CT molecular complexity index is 1120. The highest BCUT2D eigenvalue weighted by molar-refractivity contribution is 5.96. The van der Waals surface area contributed by atoms with E-state index in [1.165, 1.54) is 24.3 Å². The average molecular weight is 453 g/mol. The molecule has 3 aromatic rings. The number of amides is 2. The lowest BCUT2D eigenvalue weighted by Crippen LogP contribution is -2.53. The number of carboxylic acid groups (broad SMARTS) is 1. The molecule has 3 N–H and O–H groups in total. The first-order valence-corrected chi connectivity index (χ1v) is 10.6. The first-order valence-electron chi connectivity index (χ1n) is 10.6. The first-order chi connectivity index (χ1) is 15.9. The van der Waals surface area contributed by atoms with Gasteiger partial charge >= 0.3 is 12.0 Å². The van der Waals surface area contributed by atoms with Gasteiger partial charge in [-0.1, -0.05) is 35.5 Å². The second kappa shape index (κ2) is 9.41. The van der Waals surface area contributed by atoms with Crippen molar-refractivity contribution in [1.29, 1.82) is 0 Å². The molecule has 4 rings (SSSR count). The Labute approximate surface area is 189 Å². The van der Waals surface area contributed by atoms with Gasteiger partial charge in [0.05, 0.1) is 11.6 Å². The largest absolute Gasteiger partial charge is 0.477 e. The molecule has 0 spiro atoms. The van der Waals surface area contributed by atoms with E-state index in [1.807, 2.05) is 30.3 Å². The summed E-state index contributed by atoms with van der Waals surface area (Å²) in [4.78, 5) is 24.9. The van der Waals surface area contributed by atoms with Gasteiger partial charge < -0.3 is 25.0 Å². The van der Waals surface area contributed by atoms with Gasteiger partial charge in [0.25, 0.3) is 0 Å². The maximum Gasteiger partial charge on any atom is 0.341 e. The van der Waals surface area contributed by atoms with Crippen molar-refractivity contribution in [2.45, 2.75) is 31.3 Å². The third-order valence-corrected chi connectivity index (χ3v) is 5.82. The van der Waals surface area contributed by atoms with E-state index in [0.717, 1.165) is 5.56 Å². The van der Waals surface area contributed by atoms with Gasteiger partial charge in [-0.05, 0) is 49.6 Å². The molecule has 0 bridgehead atoms. The van der Waals surface area contributed by atoms with Crippen LogP contribution in [0.2, 0.25) is 0 Å². The van der Waals surface area contributed by atoms with Crippen LogP contribution in [-0.2, 0) is 10.3 Å². The van der Waals surface area contributed by atoms with Crippen LogP contribution < -0.4 is 10.6 Å². The van der Waals surface area contributed by atoms with Gasteiger partial charge in [0, 0.05) is 18.8 Å². The van der Waals surface area contributed by atoms with Gasteiger partial charge in [0.15, 0.2) is 5.76 Å². The van der Waals surface area contributed by atoms with Crippen LogP contribution in [0.3, 0.4) is 0 Å². The Hall–Kier alpha value is -3.72. The summed E-state index contributed by atoms with van der Waals surface area (Å²) in [6, 6.07) is 13.7. The van der Waals surface area contributed by atoms with Crippen LogP contribution >= 0.6 is 0 Å². The summed E-state index contributed by atoms with van der Waals surface area (Å²) in [5.74, 6) is -1.71. The number of carboxylic acids is 1. The Morgan fingerprint density at radius 2 is 1.76 bits per heavy atom. The fourth-order valence-electron chi connectivity index (χ4n) is 4.09. The molecule has 1 aromatic heterocycles. The molecule has 2 amide bonds. The maximum atomic E-state index is 13.3. The average Bonchev–Trinajstić information content (AvgIpc) is 3.26. The summed E-state index contributed by atoms with van der Waals surface area (Å²) in [5.41, 5.74) is 0.654. The van der Waals surface area contributed by atoms with Crippen LogP contribution in [0.1, 0.15) is 47.5 Å². The highest BCUT2D eigenvalue weighted by Gasteiger charge is 2.37. The van der Waals surface area contributed by atoms with E-state index in [-0.39, 0.29) is 17.0 Å². The molecule has 0 radical (unpaired) electrons. The standard InChI is InChI=1S/C24H24FN3O5/c1-15(21-19(22(29)30)20(28-33-21)16-7-9-18(25)10-8-16)26-23(31)27-24(11-13-32-14-12-24)17-5-3-2-4-6-17/h2-10,15H,11-14H2,1H3,(H,29,30)(H2,26,27,31)/t15-/m1/s1. The summed E-state index contributed by atoms with van der Waals surface area (Å²) in [6.45, 7) is 2.63. The zero-order valence-electron chi connectivity index (χ0n) is 18.0. The molecule has 9 heteroatoms. The van der Waals surface area contributed by atoms with Crippen LogP contribution in [0.4, 0.5) is 9.18 Å². The topological polar surface area (TPSA) is 114 Å². The van der Waals surface area contributed by atoms with E-state index in [0.29, 0.717) is 31.6 Å². The lowest BCUT2D eigenvalue weighted by Gasteiger charge is -2.38. The van der Waals surface area contributed by atoms with Crippen molar-refractivity contribution in [3.63, 3.8) is 0 Å². The van der Waals surface area contributed by atoms with Crippen LogP contribution in [-0.4, -0.2) is 35.5 Å². The minimum Gasteiger partial charge on any atom is -0.477 e. The molecule has 0 saturated carbocycles. The summed E-state index contributed by atoms with van der Waals surface area (Å²) in [7, 11) is 0. The molecule has 1 saturated heterocycles. The zero-order chi connectivity index (χ0) is 23.4. The molecule has 1 fully saturated rings. The van der Waals surface area contributed by atoms with Crippen molar-refractivity contribution in [2.24, 2.45) is 0 Å². The molecule has 0 unspecified atom stereocenters. The molecule has 1 atom stereocenters. The fourth-order valence-corrected chi connectivity index (χ4v) is 4.09. The molecule has 2 heterocycles. The number of carbonyl (C=O) groups excluding carboxylic acids is 1. The summed E-state index contributed by atoms with van der Waals surface area (Å²) in [6.07, 6.45) is 1.21. The SMILES string of the molecule is C[C@@H](NC(=O)NC1(c2ccccc2)CCOCC1)c1onc(-c2ccc(F)cc2)c1C(=O)O. The molecule has 33 heavy (non-hydrogen) atoms. The molecular weight excluding hydrogens is 429 g/mol. The second-order valence-corrected chi connectivity index (χ2v) is 7.96. The van der Waals surface area contributed by atoms with Gasteiger partial charge in [-0.3, -0.25) is 0 Å². The minimum atomic E-state index is -1.26. The number of hydrogen-bond donors (Lipinski definition) is 3. The number of aromatic nitrogens is 1. The van der Waals surface area contributed by atoms with E-state index in [9.17, 15) is 19.1 Å². The van der Waals surface area contributed by atoms with Crippen molar-refractivity contribution in [3.8, 4) is 11.3 Å². The van der Waals surface area contributed by atoms with E-state index in [2.05, 4.69) is 15.8 Å². The number of carbonyl (C=O) groups is 2. The van der Waals surface area contributed by atoms with Crippen LogP contribution in [0.25, 0.3) is 11.3 Å². The van der Waals surface area contributed by atoms with E-state index in [4.69, 9.17) is 9.26 Å². The number of halogens is 1. The monoisotopic (exact) mass is 453 g/mol. The number of ether oxygens (including phenoxy) is 1. The number of nitrogens with one attached hydrogen (secondary N) is 2. The van der Waals surface area contributed by atoms with E-state index >= 15 is 0 Å². The molecule has 172 valence electrons. The van der Waals surface area contributed by atoms with Crippen LogP contribution in [0, 0.1) is 5.82 Å². The van der Waals surface area contributed by atoms with Gasteiger partial charge in [0.1, 0.15) is 17.1 Å². The smallest absolute Gasteiger partial charge is 0.341 e. The Morgan fingerprint density at radius 1 is 1.09 bits per heavy atom. The zero-order valence-corrected chi connectivity index (χ0v) is 18.0. The molecule has 1 aliphatic heterocycles. The normalized spacial score (nSPS) is 16.1. The molecule has 8 nitrogen and oxygen atoms in total. The molecule has 0 aliphatic carbocycles. The Morgan fingerprint density at radius 3 is 2.39 bits per heavy atom. The van der Waals surface area contributed by atoms with Crippen LogP contribution in [0.15, 0.2) is 59.1 Å². The fraction of sp³-hybridized carbons (Fsp3) is 0.292. The number of urea groups is 1. The van der Waals surface area contributed by atoms with Crippen molar-refractivity contribution in [1.82, 2.24) is 15.8 Å².